The summed E-state index contributed by atoms with van der Waals surface area (Å²) in [5, 5.41) is 3.65. The maximum atomic E-state index is 11.8. The van der Waals surface area contributed by atoms with Crippen molar-refractivity contribution < 1.29 is 4.79 Å². The van der Waals surface area contributed by atoms with Crippen molar-refractivity contribution in [2.45, 2.75) is 38.0 Å². The molecule has 112 valence electrons. The Labute approximate surface area is 130 Å². The highest BCUT2D eigenvalue weighted by Crippen LogP contribution is 2.15. The van der Waals surface area contributed by atoms with Crippen LogP contribution < -0.4 is 11.1 Å². The van der Waals surface area contributed by atoms with Gasteiger partial charge in [0.1, 0.15) is 0 Å². The zero-order valence-corrected chi connectivity index (χ0v) is 13.7. The van der Waals surface area contributed by atoms with Crippen LogP contribution in [0.3, 0.4) is 0 Å². The summed E-state index contributed by atoms with van der Waals surface area (Å²) in [5.41, 5.74) is 7.03. The highest BCUT2D eigenvalue weighted by molar-refractivity contribution is 7.99. The summed E-state index contributed by atoms with van der Waals surface area (Å²) >= 11 is 7.41. The van der Waals surface area contributed by atoms with Gasteiger partial charge in [-0.2, -0.15) is 0 Å². The molecule has 20 heavy (non-hydrogen) atoms. The Kier molecular flexibility index (Phi) is 7.41. The smallest absolute Gasteiger partial charge is 0.230 e. The molecule has 0 atom stereocenters. The summed E-state index contributed by atoms with van der Waals surface area (Å²) in [5.74, 6) is 1.30. The van der Waals surface area contributed by atoms with Crippen LogP contribution in [-0.4, -0.2) is 23.7 Å². The summed E-state index contributed by atoms with van der Waals surface area (Å²) in [7, 11) is 0. The molecule has 0 fully saturated rings. The summed E-state index contributed by atoms with van der Waals surface area (Å²) in [6.07, 6.45) is 1.73. The Morgan fingerprint density at radius 3 is 2.45 bits per heavy atom. The molecule has 0 aliphatic rings. The third-order valence-electron chi connectivity index (χ3n) is 3.46. The maximum absolute atomic E-state index is 11.8. The summed E-state index contributed by atoms with van der Waals surface area (Å²) in [6.45, 7) is 4.64. The van der Waals surface area contributed by atoms with Gasteiger partial charge in [-0.25, -0.2) is 0 Å². The first kappa shape index (κ1) is 17.3. The van der Waals surface area contributed by atoms with Gasteiger partial charge in [-0.1, -0.05) is 37.6 Å². The van der Waals surface area contributed by atoms with Crippen molar-refractivity contribution >= 4 is 29.3 Å². The molecule has 1 aromatic carbocycles. The molecular weight excluding hydrogens is 292 g/mol. The lowest BCUT2D eigenvalue weighted by atomic mass is 9.94. The van der Waals surface area contributed by atoms with E-state index in [0.717, 1.165) is 23.6 Å². The molecule has 1 rings (SSSR count). The van der Waals surface area contributed by atoms with Gasteiger partial charge < -0.3 is 11.1 Å². The topological polar surface area (TPSA) is 55.1 Å². The van der Waals surface area contributed by atoms with Crippen LogP contribution in [0.15, 0.2) is 24.3 Å². The van der Waals surface area contributed by atoms with E-state index in [1.807, 2.05) is 38.1 Å². The Bertz CT molecular complexity index is 418. The zero-order chi connectivity index (χ0) is 15.0. The summed E-state index contributed by atoms with van der Waals surface area (Å²) < 4.78 is 0. The quantitative estimate of drug-likeness (QED) is 0.774. The van der Waals surface area contributed by atoms with Gasteiger partial charge in [-0.15, -0.1) is 11.8 Å². The number of nitrogens with one attached hydrogen (secondary N) is 1. The lowest BCUT2D eigenvalue weighted by molar-refractivity contribution is -0.118. The molecule has 0 bridgehead atoms. The SMILES string of the molecule is CCC(N)(CC)CNC(=O)CSCc1ccc(Cl)cc1. The zero-order valence-electron chi connectivity index (χ0n) is 12.1. The molecule has 0 radical (unpaired) electrons. The molecule has 0 aliphatic carbocycles. The third-order valence-corrected chi connectivity index (χ3v) is 4.72. The molecule has 1 amide bonds. The first-order valence-electron chi connectivity index (χ1n) is 6.87. The van der Waals surface area contributed by atoms with E-state index >= 15 is 0 Å². The number of benzene rings is 1. The van der Waals surface area contributed by atoms with Crippen LogP contribution in [0.5, 0.6) is 0 Å². The molecular formula is C15H23ClN2OS. The van der Waals surface area contributed by atoms with Crippen molar-refractivity contribution in [2.75, 3.05) is 12.3 Å². The molecule has 0 aromatic heterocycles. The van der Waals surface area contributed by atoms with Gasteiger partial charge in [0.2, 0.25) is 5.91 Å². The van der Waals surface area contributed by atoms with E-state index in [1.165, 1.54) is 5.56 Å². The largest absolute Gasteiger partial charge is 0.354 e. The van der Waals surface area contributed by atoms with E-state index < -0.39 is 0 Å². The molecule has 3 nitrogen and oxygen atoms in total. The van der Waals surface area contributed by atoms with Crippen LogP contribution in [0, 0.1) is 0 Å². The molecule has 0 spiro atoms. The van der Waals surface area contributed by atoms with Gasteiger partial charge in [0, 0.05) is 22.9 Å². The van der Waals surface area contributed by atoms with Crippen LogP contribution in [0.4, 0.5) is 0 Å². The predicted octanol–water partition coefficient (Wildman–Crippen LogP) is 3.21. The average molecular weight is 315 g/mol. The highest BCUT2D eigenvalue weighted by atomic mass is 35.5. The van der Waals surface area contributed by atoms with E-state index in [1.54, 1.807) is 11.8 Å². The molecule has 1 aromatic rings. The molecule has 0 saturated heterocycles. The van der Waals surface area contributed by atoms with Crippen molar-refractivity contribution in [3.63, 3.8) is 0 Å². The fraction of sp³-hybridized carbons (Fsp3) is 0.533. The lowest BCUT2D eigenvalue weighted by Gasteiger charge is -2.26. The second-order valence-electron chi connectivity index (χ2n) is 4.97. The number of thioether (sulfide) groups is 1. The van der Waals surface area contributed by atoms with E-state index in [-0.39, 0.29) is 11.4 Å². The monoisotopic (exact) mass is 314 g/mol. The fourth-order valence-electron chi connectivity index (χ4n) is 1.67. The Morgan fingerprint density at radius 1 is 1.30 bits per heavy atom. The molecule has 0 unspecified atom stereocenters. The molecule has 0 saturated carbocycles. The summed E-state index contributed by atoms with van der Waals surface area (Å²) in [4.78, 5) is 11.8. The second-order valence-corrected chi connectivity index (χ2v) is 6.39. The minimum Gasteiger partial charge on any atom is -0.354 e. The van der Waals surface area contributed by atoms with Crippen molar-refractivity contribution in [1.29, 1.82) is 0 Å². The van der Waals surface area contributed by atoms with E-state index in [9.17, 15) is 4.79 Å². The van der Waals surface area contributed by atoms with Gasteiger partial charge in [0.15, 0.2) is 0 Å². The normalized spacial score (nSPS) is 11.4. The van der Waals surface area contributed by atoms with E-state index in [4.69, 9.17) is 17.3 Å². The lowest BCUT2D eigenvalue weighted by Crippen LogP contribution is -2.49. The minimum atomic E-state index is -0.281. The van der Waals surface area contributed by atoms with Gasteiger partial charge in [-0.05, 0) is 30.5 Å². The number of hydrogen-bond donors (Lipinski definition) is 2. The van der Waals surface area contributed by atoms with E-state index in [2.05, 4.69) is 5.32 Å². The Balaban J connectivity index is 2.25. The first-order chi connectivity index (χ1) is 9.49. The number of amides is 1. The Morgan fingerprint density at radius 2 is 1.90 bits per heavy atom. The second kappa shape index (κ2) is 8.55. The van der Waals surface area contributed by atoms with Crippen molar-refractivity contribution in [1.82, 2.24) is 5.32 Å². The summed E-state index contributed by atoms with van der Waals surface area (Å²) in [6, 6.07) is 7.68. The van der Waals surface area contributed by atoms with Crippen LogP contribution in [0.2, 0.25) is 5.02 Å². The molecule has 5 heteroatoms. The average Bonchev–Trinajstić information content (AvgIpc) is 2.47. The third kappa shape index (κ3) is 6.16. The Hall–Kier alpha value is -0.710. The molecule has 3 N–H and O–H groups in total. The predicted molar refractivity (Wildman–Crippen MR) is 88.1 cm³/mol. The van der Waals surface area contributed by atoms with Gasteiger partial charge in [0.25, 0.3) is 0 Å². The highest BCUT2D eigenvalue weighted by Gasteiger charge is 2.20. The van der Waals surface area contributed by atoms with Crippen LogP contribution in [0.25, 0.3) is 0 Å². The van der Waals surface area contributed by atoms with Crippen molar-refractivity contribution in [3.05, 3.63) is 34.9 Å². The number of nitrogens with two attached hydrogens (primary N) is 1. The number of carbonyl (C=O) groups excluding carboxylic acids is 1. The number of carbonyl (C=O) groups is 1. The number of halogens is 1. The van der Waals surface area contributed by atoms with Gasteiger partial charge in [0.05, 0.1) is 5.75 Å². The molecule has 0 aliphatic heterocycles. The minimum absolute atomic E-state index is 0.0423. The first-order valence-corrected chi connectivity index (χ1v) is 8.40. The van der Waals surface area contributed by atoms with Crippen molar-refractivity contribution in [2.24, 2.45) is 5.73 Å². The van der Waals surface area contributed by atoms with Gasteiger partial charge in [-0.3, -0.25) is 4.79 Å². The molecule has 0 heterocycles. The van der Waals surface area contributed by atoms with E-state index in [0.29, 0.717) is 12.3 Å². The van der Waals surface area contributed by atoms with Crippen LogP contribution >= 0.6 is 23.4 Å². The number of hydrogen-bond acceptors (Lipinski definition) is 3. The van der Waals surface area contributed by atoms with Gasteiger partial charge >= 0.3 is 0 Å². The maximum Gasteiger partial charge on any atom is 0.230 e. The standard InChI is InChI=1S/C15H23ClN2OS/c1-3-15(17,4-2)11-18-14(19)10-20-9-12-5-7-13(16)8-6-12/h5-8H,3-4,9-11,17H2,1-2H3,(H,18,19). The van der Waals surface area contributed by atoms with Crippen LogP contribution in [-0.2, 0) is 10.5 Å². The number of rotatable bonds is 8. The fourth-order valence-corrected chi connectivity index (χ4v) is 2.61. The van der Waals surface area contributed by atoms with Crippen LogP contribution in [0.1, 0.15) is 32.3 Å². The van der Waals surface area contributed by atoms with Crippen molar-refractivity contribution in [3.8, 4) is 0 Å².